The Labute approximate surface area is 137 Å². The van der Waals surface area contributed by atoms with Gasteiger partial charge in [0.15, 0.2) is 0 Å². The molecule has 21 heavy (non-hydrogen) atoms. The molecule has 0 heterocycles. The van der Waals surface area contributed by atoms with E-state index in [2.05, 4.69) is 5.32 Å². The van der Waals surface area contributed by atoms with Crippen molar-refractivity contribution in [1.82, 2.24) is 0 Å². The first-order chi connectivity index (χ1) is 9.95. The molecule has 8 heteroatoms. The maximum absolute atomic E-state index is 9.19. The van der Waals surface area contributed by atoms with Gasteiger partial charge in [-0.25, -0.2) is 0 Å². The minimum atomic E-state index is -1.66. The lowest BCUT2D eigenvalue weighted by molar-refractivity contribution is 0.426. The molecule has 3 N–H and O–H groups in total. The van der Waals surface area contributed by atoms with Crippen molar-refractivity contribution in [1.29, 1.82) is 0 Å². The molecule has 0 fully saturated rings. The Balaban J connectivity index is 2.06. The van der Waals surface area contributed by atoms with Crippen molar-refractivity contribution in [3.63, 3.8) is 0 Å². The summed E-state index contributed by atoms with van der Waals surface area (Å²) in [6.07, 6.45) is 0. The maximum Gasteiger partial charge on any atom is 0.490 e. The molecule has 0 unspecified atom stereocenters. The predicted octanol–water partition coefficient (Wildman–Crippen LogP) is 2.45. The van der Waals surface area contributed by atoms with Crippen molar-refractivity contribution in [2.24, 2.45) is 0 Å². The van der Waals surface area contributed by atoms with Crippen LogP contribution < -0.4 is 15.5 Å². The average Bonchev–Trinajstić information content (AvgIpc) is 2.43. The molecule has 0 saturated heterocycles. The lowest BCUT2D eigenvalue weighted by Crippen LogP contribution is -2.31. The van der Waals surface area contributed by atoms with Crippen molar-refractivity contribution in [2.45, 2.75) is 0 Å². The van der Waals surface area contributed by atoms with Crippen molar-refractivity contribution < 1.29 is 14.8 Å². The van der Waals surface area contributed by atoms with E-state index in [0.29, 0.717) is 16.5 Å². The van der Waals surface area contributed by atoms with Crippen LogP contribution in [0.2, 0.25) is 10.0 Å². The molecular formula is C13H10BCl2NO3S. The van der Waals surface area contributed by atoms with E-state index in [9.17, 15) is 10.0 Å². The number of rotatable bonds is 3. The molecule has 0 bridgehead atoms. The number of ether oxygens (including phenoxy) is 1. The molecule has 0 amide bonds. The topological polar surface area (TPSA) is 61.7 Å². The molecule has 0 aliphatic heterocycles. The molecule has 0 radical (unpaired) electrons. The van der Waals surface area contributed by atoms with Gasteiger partial charge in [-0.15, -0.1) is 0 Å². The van der Waals surface area contributed by atoms with Gasteiger partial charge in [0.25, 0.3) is 5.17 Å². The minimum absolute atomic E-state index is 0.109. The first-order valence-electron chi connectivity index (χ1n) is 5.85. The van der Waals surface area contributed by atoms with Crippen LogP contribution in [0.25, 0.3) is 0 Å². The highest BCUT2D eigenvalue weighted by Gasteiger charge is 2.16. The summed E-state index contributed by atoms with van der Waals surface area (Å²) < 4.78 is 5.41. The quantitative estimate of drug-likeness (QED) is 0.591. The fourth-order valence-corrected chi connectivity index (χ4v) is 2.13. The second kappa shape index (κ2) is 7.11. The lowest BCUT2D eigenvalue weighted by atomic mass is 9.80. The van der Waals surface area contributed by atoms with E-state index in [1.165, 1.54) is 12.1 Å². The summed E-state index contributed by atoms with van der Waals surface area (Å²) in [5.41, 5.74) is 0.706. The van der Waals surface area contributed by atoms with E-state index in [4.69, 9.17) is 40.2 Å². The zero-order valence-electron chi connectivity index (χ0n) is 10.6. The van der Waals surface area contributed by atoms with Crippen LogP contribution in [0.5, 0.6) is 5.75 Å². The van der Waals surface area contributed by atoms with Gasteiger partial charge in [0.05, 0.1) is 0 Å². The lowest BCUT2D eigenvalue weighted by Gasteiger charge is -2.11. The third-order valence-corrected chi connectivity index (χ3v) is 3.33. The van der Waals surface area contributed by atoms with Crippen LogP contribution in [-0.2, 0) is 0 Å². The number of halogens is 2. The fourth-order valence-electron chi connectivity index (χ4n) is 1.57. The zero-order chi connectivity index (χ0) is 15.4. The van der Waals surface area contributed by atoms with Crippen LogP contribution in [0.1, 0.15) is 0 Å². The van der Waals surface area contributed by atoms with E-state index in [0.717, 1.165) is 0 Å². The molecule has 0 spiro atoms. The van der Waals surface area contributed by atoms with Crippen molar-refractivity contribution in [3.05, 3.63) is 52.5 Å². The smallest absolute Gasteiger partial charge is 0.432 e. The normalized spacial score (nSPS) is 10.1. The molecule has 0 aliphatic carbocycles. The van der Waals surface area contributed by atoms with Gasteiger partial charge < -0.3 is 20.1 Å². The van der Waals surface area contributed by atoms with Crippen LogP contribution in [0.15, 0.2) is 42.5 Å². The summed E-state index contributed by atoms with van der Waals surface area (Å²) in [5.74, 6) is 0.535. The largest absolute Gasteiger partial charge is 0.490 e. The molecular weight excluding hydrogens is 332 g/mol. The second-order valence-corrected chi connectivity index (χ2v) is 5.29. The van der Waals surface area contributed by atoms with Crippen molar-refractivity contribution in [2.75, 3.05) is 5.32 Å². The van der Waals surface area contributed by atoms with E-state index in [1.54, 1.807) is 30.3 Å². The predicted molar refractivity (Wildman–Crippen MR) is 89.6 cm³/mol. The Morgan fingerprint density at radius 1 is 1.10 bits per heavy atom. The van der Waals surface area contributed by atoms with Gasteiger partial charge in [-0.2, -0.15) is 0 Å². The summed E-state index contributed by atoms with van der Waals surface area (Å²) in [5, 5.41) is 22.2. The summed E-state index contributed by atoms with van der Waals surface area (Å²) in [6.45, 7) is 0. The molecule has 0 aliphatic rings. The zero-order valence-corrected chi connectivity index (χ0v) is 12.9. The molecule has 2 rings (SSSR count). The highest BCUT2D eigenvalue weighted by molar-refractivity contribution is 7.80. The Morgan fingerprint density at radius 3 is 2.38 bits per heavy atom. The molecule has 0 atom stereocenters. The molecule has 2 aromatic carbocycles. The summed E-state index contributed by atoms with van der Waals surface area (Å²) in [6, 6.07) is 11.4. The number of hydrogen-bond acceptors (Lipinski definition) is 4. The van der Waals surface area contributed by atoms with Crippen molar-refractivity contribution >= 4 is 58.9 Å². The maximum atomic E-state index is 9.19. The Kier molecular flexibility index (Phi) is 5.44. The SMILES string of the molecule is OB(O)c1cc(NC(=S)Oc2ccc(Cl)cc2)ccc1Cl. The molecule has 0 aromatic heterocycles. The highest BCUT2D eigenvalue weighted by atomic mass is 35.5. The van der Waals surface area contributed by atoms with Gasteiger partial charge >= 0.3 is 7.12 Å². The van der Waals surface area contributed by atoms with Gasteiger partial charge in [0.2, 0.25) is 0 Å². The highest BCUT2D eigenvalue weighted by Crippen LogP contribution is 2.17. The van der Waals surface area contributed by atoms with E-state index in [1.807, 2.05) is 0 Å². The van der Waals surface area contributed by atoms with Crippen molar-refractivity contribution in [3.8, 4) is 5.75 Å². The number of benzene rings is 2. The first kappa shape index (κ1) is 16.1. The summed E-state index contributed by atoms with van der Waals surface area (Å²) in [7, 11) is -1.66. The minimum Gasteiger partial charge on any atom is -0.432 e. The summed E-state index contributed by atoms with van der Waals surface area (Å²) in [4.78, 5) is 0. The van der Waals surface area contributed by atoms with Gasteiger partial charge in [-0.05, 0) is 54.7 Å². The van der Waals surface area contributed by atoms with Gasteiger partial charge in [-0.1, -0.05) is 23.2 Å². The second-order valence-electron chi connectivity index (χ2n) is 4.08. The third kappa shape index (κ3) is 4.59. The van der Waals surface area contributed by atoms with Crippen LogP contribution in [0.3, 0.4) is 0 Å². The van der Waals surface area contributed by atoms with Crippen LogP contribution in [-0.4, -0.2) is 22.3 Å². The summed E-state index contributed by atoms with van der Waals surface area (Å²) >= 11 is 16.7. The van der Waals surface area contributed by atoms with Gasteiger partial charge in [-0.3, -0.25) is 0 Å². The standard InChI is InChI=1S/C13H10BCl2NO3S/c15-8-1-4-10(5-2-8)20-13(21)17-9-3-6-12(16)11(7-9)14(18)19/h1-7,18-19H,(H,17,21). The van der Waals surface area contributed by atoms with Crippen LogP contribution in [0.4, 0.5) is 5.69 Å². The number of anilines is 1. The Bertz CT molecular complexity index is 652. The van der Waals surface area contributed by atoms with E-state index < -0.39 is 7.12 Å². The molecule has 2 aromatic rings. The first-order valence-corrected chi connectivity index (χ1v) is 7.02. The fraction of sp³-hybridized carbons (Fsp3) is 0. The molecule has 108 valence electrons. The van der Waals surface area contributed by atoms with Gasteiger partial charge in [0, 0.05) is 21.2 Å². The Hall–Kier alpha value is -1.31. The third-order valence-electron chi connectivity index (χ3n) is 2.54. The number of hydrogen-bond donors (Lipinski definition) is 3. The van der Waals surface area contributed by atoms with E-state index in [-0.39, 0.29) is 15.7 Å². The van der Waals surface area contributed by atoms with Crippen LogP contribution in [0, 0.1) is 0 Å². The van der Waals surface area contributed by atoms with Gasteiger partial charge in [0.1, 0.15) is 5.75 Å². The molecule has 4 nitrogen and oxygen atoms in total. The van der Waals surface area contributed by atoms with E-state index >= 15 is 0 Å². The average molecular weight is 342 g/mol. The molecule has 0 saturated carbocycles. The number of thiocarbonyl (C=S) groups is 1. The van der Waals surface area contributed by atoms with Crippen LogP contribution >= 0.6 is 35.4 Å². The monoisotopic (exact) mass is 341 g/mol. The Morgan fingerprint density at radius 2 is 1.76 bits per heavy atom. The number of nitrogens with one attached hydrogen (secondary N) is 1.